The lowest BCUT2D eigenvalue weighted by molar-refractivity contribution is 0.224. The molecule has 0 amide bonds. The Balaban J connectivity index is 0.00000450. The molecule has 1 N–H and O–H groups in total. The maximum absolute atomic E-state index is 10.9. The Morgan fingerprint density at radius 2 is 1.20 bits per heavy atom. The molecule has 0 atom stereocenters. The first kappa shape index (κ1) is 27.3. The van der Waals surface area contributed by atoms with Crippen molar-refractivity contribution in [2.45, 2.75) is 117 Å². The Morgan fingerprint density at radius 3 is 1.70 bits per heavy atom. The monoisotopic (exact) mass is 437 g/mol. The van der Waals surface area contributed by atoms with E-state index >= 15 is 0 Å². The predicted molar refractivity (Wildman–Crippen MR) is 134 cm³/mol. The van der Waals surface area contributed by atoms with Crippen LogP contribution in [0, 0.1) is 0 Å². The second-order valence-corrected chi connectivity index (χ2v) is 11.3. The van der Waals surface area contributed by atoms with Crippen LogP contribution in [0.2, 0.25) is 0 Å². The molecule has 174 valence electrons. The second-order valence-electron chi connectivity index (χ2n) is 11.3. The van der Waals surface area contributed by atoms with Gasteiger partial charge in [0, 0.05) is 0 Å². The van der Waals surface area contributed by atoms with Gasteiger partial charge in [0.2, 0.25) is 0 Å². The Kier molecular flexibility index (Phi) is 11.2. The van der Waals surface area contributed by atoms with Gasteiger partial charge in [0.05, 0.1) is 0 Å². The van der Waals surface area contributed by atoms with E-state index in [2.05, 4.69) is 58.6 Å². The van der Waals surface area contributed by atoms with Crippen molar-refractivity contribution in [2.24, 2.45) is 0 Å². The highest BCUT2D eigenvalue weighted by Crippen LogP contribution is 2.40. The standard InChI is InChI=1S/C27H47NO.ClH/c1-26(2,3)23-20-22(21-24(25(23)29)27(4,5)6)16-12-9-7-8-10-13-17-28-18-14-11-15-19-28;/h20-21,29H,7-19H2,1-6H3;1H. The highest BCUT2D eigenvalue weighted by molar-refractivity contribution is 5.85. The molecular formula is C27H48ClNO. The zero-order valence-electron chi connectivity index (χ0n) is 20.6. The van der Waals surface area contributed by atoms with Gasteiger partial charge in [-0.15, -0.1) is 12.4 Å². The van der Waals surface area contributed by atoms with Crippen LogP contribution in [-0.4, -0.2) is 29.6 Å². The molecule has 1 saturated heterocycles. The molecule has 2 nitrogen and oxygen atoms in total. The lowest BCUT2D eigenvalue weighted by Crippen LogP contribution is -2.30. The Bertz CT molecular complexity index is 586. The highest BCUT2D eigenvalue weighted by Gasteiger charge is 2.26. The molecule has 1 aliphatic heterocycles. The molecule has 3 heteroatoms. The van der Waals surface area contributed by atoms with Gasteiger partial charge in [-0.25, -0.2) is 0 Å². The van der Waals surface area contributed by atoms with Gasteiger partial charge in [-0.3, -0.25) is 0 Å². The number of phenolic OH excluding ortho intramolecular Hbond substituents is 1. The normalized spacial score (nSPS) is 15.8. The minimum absolute atomic E-state index is 0. The number of benzene rings is 1. The van der Waals surface area contributed by atoms with Crippen LogP contribution < -0.4 is 0 Å². The fraction of sp³-hybridized carbons (Fsp3) is 0.778. The number of likely N-dealkylation sites (tertiary alicyclic amines) is 1. The molecule has 2 rings (SSSR count). The van der Waals surface area contributed by atoms with Crippen molar-refractivity contribution in [3.8, 4) is 5.75 Å². The van der Waals surface area contributed by atoms with Crippen LogP contribution in [0.3, 0.4) is 0 Å². The minimum Gasteiger partial charge on any atom is -0.507 e. The Labute approximate surface area is 193 Å². The summed E-state index contributed by atoms with van der Waals surface area (Å²) in [6.45, 7) is 17.2. The van der Waals surface area contributed by atoms with E-state index < -0.39 is 0 Å². The Hall–Kier alpha value is -0.730. The molecule has 1 aromatic rings. The van der Waals surface area contributed by atoms with Gasteiger partial charge in [-0.1, -0.05) is 85.8 Å². The molecule has 1 fully saturated rings. The molecular weight excluding hydrogens is 390 g/mol. The van der Waals surface area contributed by atoms with Crippen molar-refractivity contribution >= 4 is 12.4 Å². The van der Waals surface area contributed by atoms with Gasteiger partial charge in [0.25, 0.3) is 0 Å². The summed E-state index contributed by atoms with van der Waals surface area (Å²) in [6.07, 6.45) is 13.5. The molecule has 0 unspecified atom stereocenters. The van der Waals surface area contributed by atoms with Crippen molar-refractivity contribution < 1.29 is 5.11 Å². The fourth-order valence-corrected chi connectivity index (χ4v) is 4.54. The first-order valence-corrected chi connectivity index (χ1v) is 12.2. The average molecular weight is 438 g/mol. The molecule has 0 spiro atoms. The molecule has 1 aromatic carbocycles. The van der Waals surface area contributed by atoms with Crippen molar-refractivity contribution in [1.82, 2.24) is 4.90 Å². The lowest BCUT2D eigenvalue weighted by atomic mass is 9.78. The summed E-state index contributed by atoms with van der Waals surface area (Å²) in [4.78, 5) is 2.66. The fourth-order valence-electron chi connectivity index (χ4n) is 4.54. The van der Waals surface area contributed by atoms with Crippen LogP contribution in [0.1, 0.15) is 116 Å². The summed E-state index contributed by atoms with van der Waals surface area (Å²) in [5.41, 5.74) is 3.51. The van der Waals surface area contributed by atoms with Crippen molar-refractivity contribution in [3.05, 3.63) is 28.8 Å². The summed E-state index contributed by atoms with van der Waals surface area (Å²) in [5.74, 6) is 0.502. The highest BCUT2D eigenvalue weighted by atomic mass is 35.5. The van der Waals surface area contributed by atoms with Crippen LogP contribution in [-0.2, 0) is 17.3 Å². The zero-order chi connectivity index (χ0) is 21.5. The van der Waals surface area contributed by atoms with Gasteiger partial charge in [0.15, 0.2) is 0 Å². The summed E-state index contributed by atoms with van der Waals surface area (Å²) in [6, 6.07) is 4.51. The quantitative estimate of drug-likeness (QED) is 0.398. The summed E-state index contributed by atoms with van der Waals surface area (Å²) in [5, 5.41) is 10.9. The molecule has 1 heterocycles. The van der Waals surface area contributed by atoms with E-state index in [0.717, 1.165) is 17.5 Å². The number of rotatable bonds is 9. The van der Waals surface area contributed by atoms with Crippen molar-refractivity contribution in [3.63, 3.8) is 0 Å². The molecule has 0 aliphatic carbocycles. The largest absolute Gasteiger partial charge is 0.507 e. The van der Waals surface area contributed by atoms with E-state index in [-0.39, 0.29) is 23.2 Å². The number of piperidine rings is 1. The van der Waals surface area contributed by atoms with E-state index in [0.29, 0.717) is 5.75 Å². The summed E-state index contributed by atoms with van der Waals surface area (Å²) < 4.78 is 0. The van der Waals surface area contributed by atoms with Gasteiger partial charge in [0.1, 0.15) is 5.75 Å². The maximum atomic E-state index is 10.9. The maximum Gasteiger partial charge on any atom is 0.123 e. The van der Waals surface area contributed by atoms with Crippen LogP contribution >= 0.6 is 12.4 Å². The summed E-state index contributed by atoms with van der Waals surface area (Å²) in [7, 11) is 0. The molecule has 0 saturated carbocycles. The van der Waals surface area contributed by atoms with Gasteiger partial charge >= 0.3 is 0 Å². The van der Waals surface area contributed by atoms with E-state index in [4.69, 9.17) is 0 Å². The van der Waals surface area contributed by atoms with Gasteiger partial charge in [-0.2, -0.15) is 0 Å². The second kappa shape index (κ2) is 12.3. The number of hydrogen-bond acceptors (Lipinski definition) is 2. The molecule has 0 bridgehead atoms. The SMILES string of the molecule is CC(C)(C)c1cc(CCCCCCCCN2CCCCC2)cc(C(C)(C)C)c1O.Cl. The number of hydrogen-bond donors (Lipinski definition) is 1. The number of aryl methyl sites for hydroxylation is 1. The van der Waals surface area contributed by atoms with Gasteiger partial charge in [-0.05, 0) is 79.3 Å². The van der Waals surface area contributed by atoms with E-state index in [1.54, 1.807) is 0 Å². The van der Waals surface area contributed by atoms with E-state index in [1.807, 2.05) is 0 Å². The first-order chi connectivity index (χ1) is 13.6. The number of phenols is 1. The van der Waals surface area contributed by atoms with E-state index in [1.165, 1.54) is 83.0 Å². The van der Waals surface area contributed by atoms with E-state index in [9.17, 15) is 5.11 Å². The third-order valence-electron chi connectivity index (χ3n) is 6.42. The summed E-state index contributed by atoms with van der Waals surface area (Å²) >= 11 is 0. The van der Waals surface area contributed by atoms with Crippen LogP contribution in [0.4, 0.5) is 0 Å². The number of unbranched alkanes of at least 4 members (excludes halogenated alkanes) is 5. The van der Waals surface area contributed by atoms with Crippen LogP contribution in [0.25, 0.3) is 0 Å². The van der Waals surface area contributed by atoms with Crippen molar-refractivity contribution in [1.29, 1.82) is 0 Å². The predicted octanol–water partition coefficient (Wildman–Crippen LogP) is 7.78. The van der Waals surface area contributed by atoms with Crippen LogP contribution in [0.5, 0.6) is 5.75 Å². The first-order valence-electron chi connectivity index (χ1n) is 12.2. The minimum atomic E-state index is -0.0333. The molecule has 0 aromatic heterocycles. The third kappa shape index (κ3) is 8.79. The average Bonchev–Trinajstić information content (AvgIpc) is 2.64. The number of aromatic hydroxyl groups is 1. The zero-order valence-corrected chi connectivity index (χ0v) is 21.5. The molecule has 30 heavy (non-hydrogen) atoms. The topological polar surface area (TPSA) is 23.5 Å². The molecule has 0 radical (unpaired) electrons. The smallest absolute Gasteiger partial charge is 0.123 e. The molecule has 1 aliphatic rings. The lowest BCUT2D eigenvalue weighted by Gasteiger charge is -2.28. The third-order valence-corrected chi connectivity index (χ3v) is 6.42. The number of nitrogens with zero attached hydrogens (tertiary/aromatic N) is 1. The van der Waals surface area contributed by atoms with Gasteiger partial charge < -0.3 is 10.0 Å². The Morgan fingerprint density at radius 1 is 0.733 bits per heavy atom. The van der Waals surface area contributed by atoms with Crippen molar-refractivity contribution in [2.75, 3.05) is 19.6 Å². The number of halogens is 1. The van der Waals surface area contributed by atoms with Crippen LogP contribution in [0.15, 0.2) is 12.1 Å².